The van der Waals surface area contributed by atoms with Gasteiger partial charge in [0, 0.05) is 6.20 Å². The van der Waals surface area contributed by atoms with Crippen LogP contribution < -0.4 is 5.73 Å². The van der Waals surface area contributed by atoms with Gasteiger partial charge in [0.15, 0.2) is 5.16 Å². The Morgan fingerprint density at radius 3 is 2.88 bits per heavy atom. The summed E-state index contributed by atoms with van der Waals surface area (Å²) < 4.78 is 0. The molecule has 0 aliphatic heterocycles. The van der Waals surface area contributed by atoms with Crippen molar-refractivity contribution in [2.75, 3.05) is 12.0 Å². The SMILES string of the molecule is CSc1nc(N)c[nH]1. The Balaban J connectivity index is 2.84. The lowest BCUT2D eigenvalue weighted by Gasteiger charge is -1.80. The molecule has 0 aliphatic rings. The van der Waals surface area contributed by atoms with Gasteiger partial charge in [-0.1, -0.05) is 11.8 Å². The van der Waals surface area contributed by atoms with Crippen LogP contribution >= 0.6 is 11.8 Å². The predicted molar refractivity (Wildman–Crippen MR) is 34.8 cm³/mol. The van der Waals surface area contributed by atoms with E-state index in [9.17, 15) is 0 Å². The van der Waals surface area contributed by atoms with Gasteiger partial charge in [0.25, 0.3) is 0 Å². The standard InChI is InChI=1S/C4H7N3S/c1-8-4-6-2-3(5)7-4/h2H,5H2,1H3,(H,6,7). The molecule has 8 heavy (non-hydrogen) atoms. The van der Waals surface area contributed by atoms with Crippen molar-refractivity contribution in [2.45, 2.75) is 5.16 Å². The molecule has 0 fully saturated rings. The first-order valence-electron chi connectivity index (χ1n) is 2.18. The second kappa shape index (κ2) is 2.09. The van der Waals surface area contributed by atoms with Crippen LogP contribution in [0.2, 0.25) is 0 Å². The molecular formula is C4H7N3S. The zero-order chi connectivity index (χ0) is 5.98. The summed E-state index contributed by atoms with van der Waals surface area (Å²) in [6.45, 7) is 0. The highest BCUT2D eigenvalue weighted by molar-refractivity contribution is 7.98. The lowest BCUT2D eigenvalue weighted by molar-refractivity contribution is 1.07. The fourth-order valence-electron chi connectivity index (χ4n) is 0.422. The zero-order valence-electron chi connectivity index (χ0n) is 4.51. The van der Waals surface area contributed by atoms with Crippen molar-refractivity contribution in [1.29, 1.82) is 0 Å². The molecule has 4 heteroatoms. The molecule has 1 aromatic heterocycles. The summed E-state index contributed by atoms with van der Waals surface area (Å²) in [4.78, 5) is 6.80. The molecule has 1 rings (SSSR count). The first kappa shape index (κ1) is 5.50. The van der Waals surface area contributed by atoms with Crippen LogP contribution in [0.3, 0.4) is 0 Å². The first-order valence-corrected chi connectivity index (χ1v) is 3.40. The molecule has 1 heterocycles. The molecule has 0 spiro atoms. The summed E-state index contributed by atoms with van der Waals surface area (Å²) >= 11 is 1.54. The average molecular weight is 129 g/mol. The third-order valence-electron chi connectivity index (χ3n) is 0.768. The first-order chi connectivity index (χ1) is 3.83. The van der Waals surface area contributed by atoms with Gasteiger partial charge >= 0.3 is 0 Å². The van der Waals surface area contributed by atoms with Crippen LogP contribution in [-0.2, 0) is 0 Å². The summed E-state index contributed by atoms with van der Waals surface area (Å²) in [5, 5.41) is 0.863. The minimum atomic E-state index is 0.550. The number of nitrogen functional groups attached to an aromatic ring is 1. The van der Waals surface area contributed by atoms with E-state index in [1.165, 1.54) is 0 Å². The topological polar surface area (TPSA) is 54.7 Å². The molecule has 0 aromatic carbocycles. The number of rotatable bonds is 1. The number of aromatic amines is 1. The van der Waals surface area contributed by atoms with Gasteiger partial charge in [-0.05, 0) is 6.26 Å². The molecule has 0 bridgehead atoms. The van der Waals surface area contributed by atoms with E-state index in [1.807, 2.05) is 6.26 Å². The number of nitrogens with one attached hydrogen (secondary N) is 1. The minimum Gasteiger partial charge on any atom is -0.382 e. The quantitative estimate of drug-likeness (QED) is 0.549. The Hall–Kier alpha value is -0.640. The smallest absolute Gasteiger partial charge is 0.167 e. The highest BCUT2D eigenvalue weighted by Crippen LogP contribution is 2.08. The van der Waals surface area contributed by atoms with E-state index < -0.39 is 0 Å². The van der Waals surface area contributed by atoms with Gasteiger partial charge in [-0.15, -0.1) is 0 Å². The van der Waals surface area contributed by atoms with Crippen molar-refractivity contribution in [3.05, 3.63) is 6.20 Å². The fourth-order valence-corrected chi connectivity index (χ4v) is 0.796. The molecule has 3 nitrogen and oxygen atoms in total. The van der Waals surface area contributed by atoms with Crippen LogP contribution in [0.15, 0.2) is 11.4 Å². The number of hydrogen-bond acceptors (Lipinski definition) is 3. The number of thioether (sulfide) groups is 1. The van der Waals surface area contributed by atoms with Crippen LogP contribution in [0.25, 0.3) is 0 Å². The zero-order valence-corrected chi connectivity index (χ0v) is 5.33. The number of nitrogens with zero attached hydrogens (tertiary/aromatic N) is 1. The lowest BCUT2D eigenvalue weighted by Crippen LogP contribution is -1.81. The molecule has 3 N–H and O–H groups in total. The maximum absolute atomic E-state index is 5.30. The summed E-state index contributed by atoms with van der Waals surface area (Å²) in [7, 11) is 0. The number of nitrogens with two attached hydrogens (primary N) is 1. The Bertz CT molecular complexity index is 172. The molecule has 0 saturated heterocycles. The summed E-state index contributed by atoms with van der Waals surface area (Å²) in [6.07, 6.45) is 3.62. The fraction of sp³-hybridized carbons (Fsp3) is 0.250. The number of hydrogen-bond donors (Lipinski definition) is 2. The van der Waals surface area contributed by atoms with Gasteiger partial charge < -0.3 is 10.7 Å². The molecule has 0 unspecified atom stereocenters. The summed E-state index contributed by atoms with van der Waals surface area (Å²) in [5.74, 6) is 0.550. The van der Waals surface area contributed by atoms with E-state index in [-0.39, 0.29) is 0 Å². The second-order valence-corrected chi connectivity index (χ2v) is 2.13. The Labute approximate surface area is 51.7 Å². The molecule has 0 aliphatic carbocycles. The molecular weight excluding hydrogens is 122 g/mol. The third kappa shape index (κ3) is 0.949. The van der Waals surface area contributed by atoms with E-state index in [2.05, 4.69) is 9.97 Å². The second-order valence-electron chi connectivity index (χ2n) is 1.33. The van der Waals surface area contributed by atoms with Crippen LogP contribution in [-0.4, -0.2) is 16.2 Å². The minimum absolute atomic E-state index is 0.550. The average Bonchev–Trinajstić information content (AvgIpc) is 2.14. The predicted octanol–water partition coefficient (Wildman–Crippen LogP) is 0.714. The maximum Gasteiger partial charge on any atom is 0.167 e. The van der Waals surface area contributed by atoms with E-state index >= 15 is 0 Å². The molecule has 0 amide bonds. The van der Waals surface area contributed by atoms with Gasteiger partial charge in [0.05, 0.1) is 0 Å². The number of anilines is 1. The van der Waals surface area contributed by atoms with Gasteiger partial charge in [-0.2, -0.15) is 0 Å². The van der Waals surface area contributed by atoms with Gasteiger partial charge in [-0.25, -0.2) is 4.98 Å². The number of aromatic nitrogens is 2. The van der Waals surface area contributed by atoms with E-state index in [1.54, 1.807) is 18.0 Å². The number of imidazole rings is 1. The van der Waals surface area contributed by atoms with Crippen molar-refractivity contribution >= 4 is 17.6 Å². The van der Waals surface area contributed by atoms with Crippen LogP contribution in [0.1, 0.15) is 0 Å². The van der Waals surface area contributed by atoms with Crippen molar-refractivity contribution < 1.29 is 0 Å². The summed E-state index contributed by atoms with van der Waals surface area (Å²) in [5.41, 5.74) is 5.30. The molecule has 0 saturated carbocycles. The normalized spacial score (nSPS) is 9.62. The van der Waals surface area contributed by atoms with E-state index in [0.717, 1.165) is 5.16 Å². The Morgan fingerprint density at radius 1 is 1.88 bits per heavy atom. The van der Waals surface area contributed by atoms with Crippen LogP contribution in [0, 0.1) is 0 Å². The molecule has 1 aromatic rings. The lowest BCUT2D eigenvalue weighted by atomic mass is 10.8. The van der Waals surface area contributed by atoms with E-state index in [4.69, 9.17) is 5.73 Å². The molecule has 0 atom stereocenters. The number of H-pyrrole nitrogens is 1. The molecule has 44 valence electrons. The van der Waals surface area contributed by atoms with Crippen molar-refractivity contribution in [1.82, 2.24) is 9.97 Å². The third-order valence-corrected chi connectivity index (χ3v) is 1.36. The van der Waals surface area contributed by atoms with Crippen molar-refractivity contribution in [3.63, 3.8) is 0 Å². The van der Waals surface area contributed by atoms with Gasteiger partial charge in [0.1, 0.15) is 5.82 Å². The highest BCUT2D eigenvalue weighted by atomic mass is 32.2. The van der Waals surface area contributed by atoms with Gasteiger partial charge in [0.2, 0.25) is 0 Å². The van der Waals surface area contributed by atoms with Crippen molar-refractivity contribution in [2.24, 2.45) is 0 Å². The Kier molecular flexibility index (Phi) is 1.43. The monoisotopic (exact) mass is 129 g/mol. The Morgan fingerprint density at radius 2 is 2.62 bits per heavy atom. The molecule has 0 radical (unpaired) electrons. The van der Waals surface area contributed by atoms with E-state index in [0.29, 0.717) is 5.82 Å². The highest BCUT2D eigenvalue weighted by Gasteiger charge is 1.91. The maximum atomic E-state index is 5.30. The largest absolute Gasteiger partial charge is 0.382 e. The summed E-state index contributed by atoms with van der Waals surface area (Å²) in [6, 6.07) is 0. The van der Waals surface area contributed by atoms with Crippen molar-refractivity contribution in [3.8, 4) is 0 Å². The van der Waals surface area contributed by atoms with Crippen LogP contribution in [0.5, 0.6) is 0 Å². The van der Waals surface area contributed by atoms with Gasteiger partial charge in [-0.3, -0.25) is 0 Å². The van der Waals surface area contributed by atoms with Crippen LogP contribution in [0.4, 0.5) is 5.82 Å².